The molecule has 1 saturated heterocycles. The van der Waals surface area contributed by atoms with Gasteiger partial charge in [0.2, 0.25) is 0 Å². The van der Waals surface area contributed by atoms with Gasteiger partial charge in [-0.2, -0.15) is 0 Å². The van der Waals surface area contributed by atoms with E-state index in [-0.39, 0.29) is 5.15 Å². The number of nitrogens with two attached hydrogens (primary N) is 2. The van der Waals surface area contributed by atoms with Gasteiger partial charge in [-0.25, -0.2) is 15.0 Å². The molecule has 1 atom stereocenters. The molecule has 0 bridgehead atoms. The van der Waals surface area contributed by atoms with E-state index in [0.717, 1.165) is 24.8 Å². The molecule has 0 amide bonds. The van der Waals surface area contributed by atoms with Gasteiger partial charge >= 0.3 is 0 Å². The second-order valence-corrected chi connectivity index (χ2v) is 9.77. The molecule has 6 nitrogen and oxygen atoms in total. The number of halogens is 2. The van der Waals surface area contributed by atoms with Gasteiger partial charge in [-0.1, -0.05) is 48.3 Å². The number of nitrogens with zero attached hydrogens (tertiary/aromatic N) is 4. The molecule has 4 N–H and O–H groups in total. The number of rotatable bonds is 3. The smallest absolute Gasteiger partial charge is 0.158 e. The lowest BCUT2D eigenvalue weighted by Gasteiger charge is -2.40. The molecule has 2 aromatic rings. The molecule has 4 rings (SSSR count). The van der Waals surface area contributed by atoms with Crippen LogP contribution in [0.2, 0.25) is 10.2 Å². The van der Waals surface area contributed by atoms with Gasteiger partial charge in [0, 0.05) is 18.0 Å². The molecule has 3 heterocycles. The van der Waals surface area contributed by atoms with E-state index in [1.54, 1.807) is 12.3 Å². The molecule has 2 aromatic heterocycles. The Bertz CT molecular complexity index is 885. The lowest BCUT2D eigenvalue weighted by molar-refractivity contribution is 0.218. The zero-order valence-electron chi connectivity index (χ0n) is 15.8. The van der Waals surface area contributed by atoms with Crippen molar-refractivity contribution in [2.45, 2.75) is 48.9 Å². The molecule has 1 saturated carbocycles. The number of piperidine rings is 1. The summed E-state index contributed by atoms with van der Waals surface area (Å²) in [4.78, 5) is 16.0. The van der Waals surface area contributed by atoms with Crippen LogP contribution in [0.4, 0.5) is 17.5 Å². The molecule has 2 aliphatic rings. The quantitative estimate of drug-likeness (QED) is 0.657. The molecular formula is C19H24Cl2N6S. The number of anilines is 3. The fourth-order valence-corrected chi connectivity index (χ4v) is 5.74. The summed E-state index contributed by atoms with van der Waals surface area (Å²) >= 11 is 13.5. The average Bonchev–Trinajstić information content (AvgIpc) is 3.01. The molecule has 9 heteroatoms. The Morgan fingerprint density at radius 1 is 1.18 bits per heavy atom. The largest absolute Gasteiger partial charge is 0.384 e. The van der Waals surface area contributed by atoms with Gasteiger partial charge in [-0.15, -0.1) is 0 Å². The van der Waals surface area contributed by atoms with Crippen LogP contribution in [0.15, 0.2) is 22.2 Å². The van der Waals surface area contributed by atoms with Crippen LogP contribution >= 0.6 is 35.0 Å². The molecule has 2 fully saturated rings. The molecule has 150 valence electrons. The maximum atomic E-state index is 6.22. The average molecular weight is 439 g/mol. The Hall–Kier alpha value is -1.44. The van der Waals surface area contributed by atoms with Gasteiger partial charge in [-0.05, 0) is 43.1 Å². The van der Waals surface area contributed by atoms with Crippen LogP contribution < -0.4 is 16.4 Å². The van der Waals surface area contributed by atoms with Crippen molar-refractivity contribution >= 4 is 52.4 Å². The first kappa shape index (κ1) is 19.9. The van der Waals surface area contributed by atoms with E-state index in [1.165, 1.54) is 43.9 Å². The topological polar surface area (TPSA) is 94.0 Å². The molecule has 1 aliphatic carbocycles. The van der Waals surface area contributed by atoms with E-state index in [2.05, 4.69) is 26.8 Å². The van der Waals surface area contributed by atoms with Crippen molar-refractivity contribution in [3.05, 3.63) is 22.4 Å². The SMILES string of the molecule is CC1CCC2(CCN(c3cnc(Sc4cc(N)nc(Cl)c4Cl)c(N)n3)CC2)C1. The van der Waals surface area contributed by atoms with Crippen LogP contribution in [-0.2, 0) is 0 Å². The Morgan fingerprint density at radius 2 is 1.93 bits per heavy atom. The van der Waals surface area contributed by atoms with Crippen molar-refractivity contribution in [2.75, 3.05) is 29.5 Å². The maximum absolute atomic E-state index is 6.22. The minimum absolute atomic E-state index is 0.163. The van der Waals surface area contributed by atoms with Gasteiger partial charge in [0.25, 0.3) is 0 Å². The summed E-state index contributed by atoms with van der Waals surface area (Å²) in [5.74, 6) is 2.37. The molecule has 1 aliphatic heterocycles. The van der Waals surface area contributed by atoms with Gasteiger partial charge in [0.1, 0.15) is 16.7 Å². The number of nitrogen functional groups attached to an aromatic ring is 2. The maximum Gasteiger partial charge on any atom is 0.158 e. The van der Waals surface area contributed by atoms with Crippen molar-refractivity contribution in [2.24, 2.45) is 11.3 Å². The first-order valence-electron chi connectivity index (χ1n) is 9.52. The summed E-state index contributed by atoms with van der Waals surface area (Å²) in [6.45, 7) is 4.39. The third-order valence-corrected chi connectivity index (χ3v) is 7.87. The molecule has 1 spiro atoms. The Balaban J connectivity index is 1.47. The first-order chi connectivity index (χ1) is 13.3. The Labute approximate surface area is 179 Å². The van der Waals surface area contributed by atoms with Crippen LogP contribution in [-0.4, -0.2) is 28.0 Å². The van der Waals surface area contributed by atoms with Gasteiger partial charge in [-0.3, -0.25) is 0 Å². The summed E-state index contributed by atoms with van der Waals surface area (Å²) < 4.78 is 0. The van der Waals surface area contributed by atoms with E-state index < -0.39 is 0 Å². The molecule has 0 radical (unpaired) electrons. The number of hydrogen-bond acceptors (Lipinski definition) is 7. The van der Waals surface area contributed by atoms with E-state index in [1.807, 2.05) is 0 Å². The van der Waals surface area contributed by atoms with Crippen molar-refractivity contribution < 1.29 is 0 Å². The molecule has 28 heavy (non-hydrogen) atoms. The van der Waals surface area contributed by atoms with Crippen molar-refractivity contribution in [3.8, 4) is 0 Å². The second-order valence-electron chi connectivity index (χ2n) is 8.01. The van der Waals surface area contributed by atoms with Crippen LogP contribution in [0.25, 0.3) is 0 Å². The van der Waals surface area contributed by atoms with E-state index >= 15 is 0 Å². The summed E-state index contributed by atoms with van der Waals surface area (Å²) in [7, 11) is 0. The third kappa shape index (κ3) is 3.98. The number of hydrogen-bond donors (Lipinski definition) is 2. The van der Waals surface area contributed by atoms with Crippen molar-refractivity contribution in [3.63, 3.8) is 0 Å². The summed E-state index contributed by atoms with van der Waals surface area (Å²) in [6.07, 6.45) is 8.32. The zero-order valence-corrected chi connectivity index (χ0v) is 18.1. The fourth-order valence-electron chi connectivity index (χ4n) is 4.45. The van der Waals surface area contributed by atoms with E-state index in [0.29, 0.717) is 32.0 Å². The van der Waals surface area contributed by atoms with Crippen molar-refractivity contribution in [1.29, 1.82) is 0 Å². The molecule has 1 unspecified atom stereocenters. The normalized spacial score (nSPS) is 21.4. The predicted molar refractivity (Wildman–Crippen MR) is 116 cm³/mol. The van der Waals surface area contributed by atoms with Crippen molar-refractivity contribution in [1.82, 2.24) is 15.0 Å². The summed E-state index contributed by atoms with van der Waals surface area (Å²) in [6, 6.07) is 1.65. The lowest BCUT2D eigenvalue weighted by Crippen LogP contribution is -2.39. The minimum Gasteiger partial charge on any atom is -0.384 e. The number of aromatic nitrogens is 3. The van der Waals surface area contributed by atoms with E-state index in [9.17, 15) is 0 Å². The lowest BCUT2D eigenvalue weighted by atomic mass is 9.76. The standard InChI is InChI=1S/C19H24Cl2N6S/c1-11-2-3-19(9-11)4-6-27(7-5-19)14-10-24-18(17(23)26-14)28-12-8-13(22)25-16(21)15(12)20/h8,10-11H,2-7,9H2,1H3,(H2,22,25)(H2,23,26). The summed E-state index contributed by atoms with van der Waals surface area (Å²) in [5.41, 5.74) is 12.5. The van der Waals surface area contributed by atoms with Crippen LogP contribution in [0.1, 0.15) is 39.0 Å². The predicted octanol–water partition coefficient (Wildman–Crippen LogP) is 4.90. The Kier molecular flexibility index (Phi) is 5.51. The van der Waals surface area contributed by atoms with E-state index in [4.69, 9.17) is 34.7 Å². The monoisotopic (exact) mass is 438 g/mol. The van der Waals surface area contributed by atoms with Crippen LogP contribution in [0.5, 0.6) is 0 Å². The van der Waals surface area contributed by atoms with Crippen LogP contribution in [0.3, 0.4) is 0 Å². The van der Waals surface area contributed by atoms with Gasteiger partial charge < -0.3 is 16.4 Å². The van der Waals surface area contributed by atoms with Gasteiger partial charge in [0.05, 0.1) is 11.2 Å². The highest BCUT2D eigenvalue weighted by molar-refractivity contribution is 7.99. The van der Waals surface area contributed by atoms with Gasteiger partial charge in [0.15, 0.2) is 11.0 Å². The second kappa shape index (κ2) is 7.76. The summed E-state index contributed by atoms with van der Waals surface area (Å²) in [5, 5.41) is 1.07. The third-order valence-electron chi connectivity index (χ3n) is 5.96. The number of pyridine rings is 1. The molecular weight excluding hydrogens is 415 g/mol. The zero-order chi connectivity index (χ0) is 19.9. The Morgan fingerprint density at radius 3 is 2.57 bits per heavy atom. The first-order valence-corrected chi connectivity index (χ1v) is 11.1. The highest BCUT2D eigenvalue weighted by Gasteiger charge is 2.40. The highest BCUT2D eigenvalue weighted by atomic mass is 35.5. The highest BCUT2D eigenvalue weighted by Crippen LogP contribution is 2.49. The minimum atomic E-state index is 0.163. The fraction of sp³-hybridized carbons (Fsp3) is 0.526. The molecule has 0 aromatic carbocycles. The van der Waals surface area contributed by atoms with Crippen LogP contribution in [0, 0.1) is 11.3 Å².